The monoisotopic (exact) mass is 382 g/mol. The molecule has 4 rings (SSSR count). The van der Waals surface area contributed by atoms with Crippen molar-refractivity contribution in [1.29, 1.82) is 0 Å². The summed E-state index contributed by atoms with van der Waals surface area (Å²) in [5.74, 6) is 0. The van der Waals surface area contributed by atoms with Crippen LogP contribution in [-0.4, -0.2) is 19.1 Å². The summed E-state index contributed by atoms with van der Waals surface area (Å²) >= 11 is 0. The molecular weight excluding hydrogens is 364 g/mol. The zero-order valence-electron chi connectivity index (χ0n) is 14.5. The molecule has 7 heteroatoms. The van der Waals surface area contributed by atoms with Crippen LogP contribution in [0.1, 0.15) is 12.1 Å². The maximum absolute atomic E-state index is 13.1. The van der Waals surface area contributed by atoms with Gasteiger partial charge in [-0.05, 0) is 37.1 Å². The Balaban J connectivity index is 0.00000210. The molecule has 0 saturated heterocycles. The second-order valence-electron chi connectivity index (χ2n) is 6.11. The number of nitrogens with one attached hydrogen (secondary N) is 1. The summed E-state index contributed by atoms with van der Waals surface area (Å²) in [5, 5.41) is 0.539. The molecule has 0 unspecified atom stereocenters. The highest BCUT2D eigenvalue weighted by Crippen LogP contribution is 2.11. The Morgan fingerprint density at radius 3 is 2.44 bits per heavy atom. The van der Waals surface area contributed by atoms with Gasteiger partial charge in [-0.25, -0.2) is 14.3 Å². The van der Waals surface area contributed by atoms with Gasteiger partial charge in [-0.15, -0.1) is 12.4 Å². The summed E-state index contributed by atoms with van der Waals surface area (Å²) in [6.45, 7) is 0.519. The van der Waals surface area contributed by atoms with Gasteiger partial charge in [0.2, 0.25) is 0 Å². The third-order valence-corrected chi connectivity index (χ3v) is 4.45. The molecule has 138 valence electrons. The predicted octanol–water partition coefficient (Wildman–Crippen LogP) is 2.93. The highest BCUT2D eigenvalue weighted by molar-refractivity contribution is 5.85. The van der Waals surface area contributed by atoms with E-state index in [-0.39, 0.29) is 23.7 Å². The van der Waals surface area contributed by atoms with Gasteiger partial charge in [-0.2, -0.15) is 0 Å². The van der Waals surface area contributed by atoms with Crippen LogP contribution < -0.4 is 11.2 Å². The van der Waals surface area contributed by atoms with Crippen LogP contribution in [0, 0.1) is 0 Å². The van der Waals surface area contributed by atoms with E-state index in [1.807, 2.05) is 36.4 Å². The van der Waals surface area contributed by atoms with Crippen molar-refractivity contribution < 1.29 is 0 Å². The van der Waals surface area contributed by atoms with Crippen LogP contribution in [-0.2, 0) is 13.0 Å². The van der Waals surface area contributed by atoms with Crippen molar-refractivity contribution in [2.75, 3.05) is 0 Å². The molecule has 0 fully saturated rings. The molecule has 0 aliphatic heterocycles. The lowest BCUT2D eigenvalue weighted by molar-refractivity contribution is 0.607. The van der Waals surface area contributed by atoms with Gasteiger partial charge in [-0.1, -0.05) is 30.3 Å². The molecule has 0 amide bonds. The van der Waals surface area contributed by atoms with E-state index < -0.39 is 0 Å². The summed E-state index contributed by atoms with van der Waals surface area (Å²) in [4.78, 5) is 33.1. The van der Waals surface area contributed by atoms with Crippen molar-refractivity contribution in [3.05, 3.63) is 93.7 Å². The lowest BCUT2D eigenvalue weighted by Gasteiger charge is -2.14. The van der Waals surface area contributed by atoms with Crippen LogP contribution in [0.25, 0.3) is 16.6 Å². The highest BCUT2D eigenvalue weighted by atomic mass is 35.5. The van der Waals surface area contributed by atoms with Gasteiger partial charge in [0.15, 0.2) is 0 Å². The maximum Gasteiger partial charge on any atom is 0.336 e. The molecule has 0 bridgehead atoms. The van der Waals surface area contributed by atoms with Crippen molar-refractivity contribution in [1.82, 2.24) is 19.1 Å². The fourth-order valence-electron chi connectivity index (χ4n) is 3.19. The second kappa shape index (κ2) is 8.05. The summed E-state index contributed by atoms with van der Waals surface area (Å²) in [7, 11) is 0. The molecule has 0 radical (unpaired) electrons. The minimum absolute atomic E-state index is 0. The Hall–Kier alpha value is -3.12. The molecule has 6 nitrogen and oxygen atoms in total. The zero-order valence-corrected chi connectivity index (χ0v) is 15.4. The smallest absolute Gasteiger partial charge is 0.336 e. The zero-order chi connectivity index (χ0) is 17.9. The van der Waals surface area contributed by atoms with E-state index in [0.717, 1.165) is 18.5 Å². The van der Waals surface area contributed by atoms with Gasteiger partial charge in [0.25, 0.3) is 5.56 Å². The second-order valence-corrected chi connectivity index (χ2v) is 6.11. The number of aromatic nitrogens is 4. The molecule has 2 heterocycles. The molecule has 27 heavy (non-hydrogen) atoms. The summed E-state index contributed by atoms with van der Waals surface area (Å²) < 4.78 is 2.93. The Morgan fingerprint density at radius 1 is 0.963 bits per heavy atom. The third kappa shape index (κ3) is 3.57. The molecule has 4 aromatic rings. The number of aromatic amines is 1. The van der Waals surface area contributed by atoms with Crippen LogP contribution in [0.15, 0.2) is 76.7 Å². The maximum atomic E-state index is 13.1. The van der Waals surface area contributed by atoms with E-state index in [2.05, 4.69) is 9.97 Å². The molecular formula is C20H19ClN4O2. The molecule has 0 spiro atoms. The van der Waals surface area contributed by atoms with E-state index in [4.69, 9.17) is 0 Å². The van der Waals surface area contributed by atoms with E-state index in [9.17, 15) is 9.59 Å². The van der Waals surface area contributed by atoms with Gasteiger partial charge in [0, 0.05) is 18.4 Å². The van der Waals surface area contributed by atoms with Crippen molar-refractivity contribution in [3.63, 3.8) is 0 Å². The van der Waals surface area contributed by atoms with Gasteiger partial charge in [0.1, 0.15) is 0 Å². The molecule has 0 aliphatic carbocycles. The molecule has 1 N–H and O–H groups in total. The van der Waals surface area contributed by atoms with Crippen molar-refractivity contribution in [3.8, 4) is 5.69 Å². The minimum atomic E-state index is -0.315. The summed E-state index contributed by atoms with van der Waals surface area (Å²) in [6.07, 6.45) is 4.97. The van der Waals surface area contributed by atoms with Crippen LogP contribution >= 0.6 is 12.4 Å². The molecule has 0 atom stereocenters. The first-order valence-electron chi connectivity index (χ1n) is 8.53. The lowest BCUT2D eigenvalue weighted by atomic mass is 10.2. The number of nitrogens with zero attached hydrogens (tertiary/aromatic N) is 3. The number of rotatable bonds is 5. The fourth-order valence-corrected chi connectivity index (χ4v) is 3.19. The number of benzene rings is 2. The summed E-state index contributed by atoms with van der Waals surface area (Å²) in [6, 6.07) is 16.3. The van der Waals surface area contributed by atoms with E-state index >= 15 is 0 Å². The van der Waals surface area contributed by atoms with Crippen molar-refractivity contribution in [2.45, 2.75) is 19.4 Å². The van der Waals surface area contributed by atoms with Crippen LogP contribution in [0.4, 0.5) is 0 Å². The van der Waals surface area contributed by atoms with Gasteiger partial charge < -0.3 is 4.98 Å². The largest absolute Gasteiger partial charge is 0.348 e. The van der Waals surface area contributed by atoms with Crippen LogP contribution in [0.2, 0.25) is 0 Å². The number of halogens is 1. The first-order valence-corrected chi connectivity index (χ1v) is 8.53. The molecule has 2 aromatic carbocycles. The lowest BCUT2D eigenvalue weighted by Crippen LogP contribution is -2.39. The van der Waals surface area contributed by atoms with Gasteiger partial charge in [0.05, 0.1) is 22.9 Å². The van der Waals surface area contributed by atoms with Crippen molar-refractivity contribution >= 4 is 23.3 Å². The van der Waals surface area contributed by atoms with Crippen LogP contribution in [0.5, 0.6) is 0 Å². The SMILES string of the molecule is Cl.O=c1c2ccccc2n(CCCc2cnc[nH]2)c(=O)n1-c1ccccc1. The average molecular weight is 383 g/mol. The number of para-hydroxylation sites is 2. The van der Waals surface area contributed by atoms with E-state index in [1.165, 1.54) is 4.57 Å². The minimum Gasteiger partial charge on any atom is -0.348 e. The number of H-pyrrole nitrogens is 1. The Morgan fingerprint density at radius 2 is 1.70 bits per heavy atom. The topological polar surface area (TPSA) is 72.7 Å². The molecule has 0 saturated carbocycles. The highest BCUT2D eigenvalue weighted by Gasteiger charge is 2.13. The standard InChI is InChI=1S/C20H18N4O2.ClH/c25-19-17-10-4-5-11-18(17)23(12-6-7-15-13-21-14-22-15)20(26)24(19)16-8-2-1-3-9-16;/h1-5,8-11,13-14H,6-7,12H2,(H,21,22);1H. The Bertz CT molecular complexity index is 1150. The Kier molecular flexibility index (Phi) is 5.57. The van der Waals surface area contributed by atoms with Crippen molar-refractivity contribution in [2.24, 2.45) is 0 Å². The number of hydrogen-bond acceptors (Lipinski definition) is 3. The van der Waals surface area contributed by atoms with Gasteiger partial charge in [-0.3, -0.25) is 9.36 Å². The quantitative estimate of drug-likeness (QED) is 0.576. The fraction of sp³-hybridized carbons (Fsp3) is 0.150. The predicted molar refractivity (Wildman–Crippen MR) is 108 cm³/mol. The molecule has 2 aromatic heterocycles. The van der Waals surface area contributed by atoms with Crippen LogP contribution in [0.3, 0.4) is 0 Å². The number of fused-ring (bicyclic) bond motifs is 1. The first kappa shape index (κ1) is 18.7. The Labute approximate surface area is 161 Å². The summed E-state index contributed by atoms with van der Waals surface area (Å²) in [5.41, 5.74) is 1.67. The number of aryl methyl sites for hydroxylation is 2. The average Bonchev–Trinajstić information content (AvgIpc) is 3.19. The van der Waals surface area contributed by atoms with E-state index in [0.29, 0.717) is 23.1 Å². The van der Waals surface area contributed by atoms with E-state index in [1.54, 1.807) is 35.3 Å². The third-order valence-electron chi connectivity index (χ3n) is 4.45. The first-order chi connectivity index (χ1) is 12.8. The van der Waals surface area contributed by atoms with Gasteiger partial charge >= 0.3 is 5.69 Å². The normalized spacial score (nSPS) is 10.7. The number of imidazole rings is 1. The molecule has 0 aliphatic rings. The number of hydrogen-bond donors (Lipinski definition) is 1.